The SMILES string of the molecule is COc1cccc(N2CC[C@H](CNC(=O)c3ccc4cc[nH]c4c3)C2)c1. The highest BCUT2D eigenvalue weighted by molar-refractivity contribution is 5.97. The maximum Gasteiger partial charge on any atom is 0.251 e. The van der Waals surface area contributed by atoms with Gasteiger partial charge in [0, 0.05) is 48.7 Å². The van der Waals surface area contributed by atoms with E-state index in [-0.39, 0.29) is 5.91 Å². The predicted molar refractivity (Wildman–Crippen MR) is 104 cm³/mol. The van der Waals surface area contributed by atoms with Crippen molar-refractivity contribution in [3.63, 3.8) is 0 Å². The summed E-state index contributed by atoms with van der Waals surface area (Å²) < 4.78 is 5.31. The molecule has 1 amide bonds. The van der Waals surface area contributed by atoms with Gasteiger partial charge < -0.3 is 19.9 Å². The summed E-state index contributed by atoms with van der Waals surface area (Å²) in [5, 5.41) is 4.21. The van der Waals surface area contributed by atoms with Crippen LogP contribution in [0.2, 0.25) is 0 Å². The Balaban J connectivity index is 1.34. The van der Waals surface area contributed by atoms with Crippen LogP contribution >= 0.6 is 0 Å². The third-order valence-electron chi connectivity index (χ3n) is 5.07. The average Bonchev–Trinajstić information content (AvgIpc) is 3.34. The molecule has 0 bridgehead atoms. The lowest BCUT2D eigenvalue weighted by molar-refractivity contribution is 0.0948. The molecule has 134 valence electrons. The normalized spacial score (nSPS) is 16.8. The molecule has 5 heteroatoms. The molecule has 3 aromatic rings. The molecule has 1 fully saturated rings. The van der Waals surface area contributed by atoms with Gasteiger partial charge in [0.1, 0.15) is 5.75 Å². The van der Waals surface area contributed by atoms with Gasteiger partial charge in [0.05, 0.1) is 7.11 Å². The number of fused-ring (bicyclic) bond motifs is 1. The highest BCUT2D eigenvalue weighted by Crippen LogP contribution is 2.26. The van der Waals surface area contributed by atoms with Crippen molar-refractivity contribution in [3.8, 4) is 5.75 Å². The summed E-state index contributed by atoms with van der Waals surface area (Å²) in [6.07, 6.45) is 2.96. The molecule has 0 radical (unpaired) electrons. The highest BCUT2D eigenvalue weighted by atomic mass is 16.5. The van der Waals surface area contributed by atoms with Crippen LogP contribution in [-0.4, -0.2) is 37.6 Å². The highest BCUT2D eigenvalue weighted by Gasteiger charge is 2.23. The number of hydrogen-bond acceptors (Lipinski definition) is 3. The Hall–Kier alpha value is -2.95. The summed E-state index contributed by atoms with van der Waals surface area (Å²) in [5.74, 6) is 1.32. The van der Waals surface area contributed by atoms with Crippen LogP contribution in [0.4, 0.5) is 5.69 Å². The summed E-state index contributed by atoms with van der Waals surface area (Å²) in [7, 11) is 1.69. The fourth-order valence-corrected chi connectivity index (χ4v) is 3.57. The fourth-order valence-electron chi connectivity index (χ4n) is 3.57. The minimum Gasteiger partial charge on any atom is -0.497 e. The van der Waals surface area contributed by atoms with Crippen molar-refractivity contribution in [2.75, 3.05) is 31.6 Å². The zero-order valence-corrected chi connectivity index (χ0v) is 14.9. The average molecular weight is 349 g/mol. The molecule has 1 aliphatic heterocycles. The van der Waals surface area contributed by atoms with Crippen LogP contribution in [0.5, 0.6) is 5.75 Å². The first kappa shape index (κ1) is 16.5. The molecular formula is C21H23N3O2. The van der Waals surface area contributed by atoms with Gasteiger partial charge in [-0.05, 0) is 48.1 Å². The number of benzene rings is 2. The molecule has 4 rings (SSSR count). The third-order valence-corrected chi connectivity index (χ3v) is 5.07. The Bertz CT molecular complexity index is 918. The largest absolute Gasteiger partial charge is 0.497 e. The number of carbonyl (C=O) groups is 1. The van der Waals surface area contributed by atoms with Gasteiger partial charge in [-0.25, -0.2) is 0 Å². The summed E-state index contributed by atoms with van der Waals surface area (Å²) in [4.78, 5) is 17.9. The Labute approximate surface area is 153 Å². The smallest absolute Gasteiger partial charge is 0.251 e. The zero-order chi connectivity index (χ0) is 17.9. The van der Waals surface area contributed by atoms with E-state index in [1.165, 1.54) is 5.69 Å². The Kier molecular flexibility index (Phi) is 4.52. The monoisotopic (exact) mass is 349 g/mol. The molecule has 1 saturated heterocycles. The lowest BCUT2D eigenvalue weighted by Crippen LogP contribution is -2.31. The number of anilines is 1. The van der Waals surface area contributed by atoms with Gasteiger partial charge >= 0.3 is 0 Å². The first-order valence-corrected chi connectivity index (χ1v) is 8.97. The number of H-pyrrole nitrogens is 1. The van der Waals surface area contributed by atoms with Gasteiger partial charge in [-0.3, -0.25) is 4.79 Å². The third kappa shape index (κ3) is 3.38. The molecule has 0 saturated carbocycles. The predicted octanol–water partition coefficient (Wildman–Crippen LogP) is 3.43. The number of methoxy groups -OCH3 is 1. The van der Waals surface area contributed by atoms with E-state index < -0.39 is 0 Å². The Morgan fingerprint density at radius 2 is 2.19 bits per heavy atom. The number of ether oxygens (including phenoxy) is 1. The van der Waals surface area contributed by atoms with Crippen LogP contribution in [0.1, 0.15) is 16.8 Å². The molecule has 0 spiro atoms. The minimum atomic E-state index is -0.0127. The van der Waals surface area contributed by atoms with E-state index in [2.05, 4.69) is 27.3 Å². The van der Waals surface area contributed by atoms with E-state index in [0.29, 0.717) is 18.0 Å². The first-order chi connectivity index (χ1) is 12.7. The van der Waals surface area contributed by atoms with Crippen LogP contribution < -0.4 is 15.0 Å². The van der Waals surface area contributed by atoms with Gasteiger partial charge in [0.25, 0.3) is 5.91 Å². The lowest BCUT2D eigenvalue weighted by atomic mass is 10.1. The van der Waals surface area contributed by atoms with Crippen molar-refractivity contribution < 1.29 is 9.53 Å². The first-order valence-electron chi connectivity index (χ1n) is 8.97. The van der Waals surface area contributed by atoms with Crippen LogP contribution in [-0.2, 0) is 0 Å². The van der Waals surface area contributed by atoms with Gasteiger partial charge in [-0.1, -0.05) is 12.1 Å². The number of carbonyl (C=O) groups excluding carboxylic acids is 1. The van der Waals surface area contributed by atoms with Crippen LogP contribution in [0.15, 0.2) is 54.7 Å². The quantitative estimate of drug-likeness (QED) is 0.742. The topological polar surface area (TPSA) is 57.4 Å². The van der Waals surface area contributed by atoms with Crippen LogP contribution in [0, 0.1) is 5.92 Å². The molecule has 0 unspecified atom stereocenters. The van der Waals surface area contributed by atoms with Crippen molar-refractivity contribution in [1.82, 2.24) is 10.3 Å². The van der Waals surface area contributed by atoms with E-state index in [1.54, 1.807) is 7.11 Å². The molecule has 1 atom stereocenters. The molecule has 2 heterocycles. The van der Waals surface area contributed by atoms with Crippen LogP contribution in [0.3, 0.4) is 0 Å². The zero-order valence-electron chi connectivity index (χ0n) is 14.9. The second-order valence-corrected chi connectivity index (χ2v) is 6.79. The number of hydrogen-bond donors (Lipinski definition) is 2. The van der Waals surface area contributed by atoms with E-state index in [4.69, 9.17) is 4.74 Å². The molecule has 2 aromatic carbocycles. The standard InChI is InChI=1S/C21H23N3O2/c1-26-19-4-2-3-18(12-19)24-10-8-15(14-24)13-23-21(25)17-6-5-16-7-9-22-20(16)11-17/h2-7,9,11-12,15,22H,8,10,13-14H2,1H3,(H,23,25)/t15-/m1/s1. The van der Waals surface area contributed by atoms with Gasteiger partial charge in [-0.15, -0.1) is 0 Å². The van der Waals surface area contributed by atoms with E-state index in [9.17, 15) is 4.79 Å². The second kappa shape index (κ2) is 7.12. The second-order valence-electron chi connectivity index (χ2n) is 6.79. The number of nitrogens with one attached hydrogen (secondary N) is 2. The van der Waals surface area contributed by atoms with Crippen molar-refractivity contribution in [3.05, 3.63) is 60.3 Å². The Morgan fingerprint density at radius 3 is 3.08 bits per heavy atom. The summed E-state index contributed by atoms with van der Waals surface area (Å²) in [6.45, 7) is 2.65. The summed E-state index contributed by atoms with van der Waals surface area (Å²) in [6, 6.07) is 15.9. The molecule has 1 aromatic heterocycles. The van der Waals surface area contributed by atoms with Crippen molar-refractivity contribution in [2.24, 2.45) is 5.92 Å². The molecule has 5 nitrogen and oxygen atoms in total. The van der Waals surface area contributed by atoms with Gasteiger partial charge in [0.15, 0.2) is 0 Å². The minimum absolute atomic E-state index is 0.0127. The Morgan fingerprint density at radius 1 is 1.27 bits per heavy atom. The number of amides is 1. The van der Waals surface area contributed by atoms with Gasteiger partial charge in [-0.2, -0.15) is 0 Å². The summed E-state index contributed by atoms with van der Waals surface area (Å²) >= 11 is 0. The number of nitrogens with zero attached hydrogens (tertiary/aromatic N) is 1. The molecule has 1 aliphatic rings. The molecule has 2 N–H and O–H groups in total. The maximum atomic E-state index is 12.4. The van der Waals surface area contributed by atoms with Crippen molar-refractivity contribution in [2.45, 2.75) is 6.42 Å². The number of aromatic amines is 1. The van der Waals surface area contributed by atoms with Crippen molar-refractivity contribution in [1.29, 1.82) is 0 Å². The van der Waals surface area contributed by atoms with E-state index in [0.717, 1.165) is 36.2 Å². The van der Waals surface area contributed by atoms with Gasteiger partial charge in [0.2, 0.25) is 0 Å². The van der Waals surface area contributed by atoms with Crippen molar-refractivity contribution >= 4 is 22.5 Å². The van der Waals surface area contributed by atoms with Crippen LogP contribution in [0.25, 0.3) is 10.9 Å². The lowest BCUT2D eigenvalue weighted by Gasteiger charge is -2.19. The molecule has 0 aliphatic carbocycles. The number of aromatic nitrogens is 1. The van der Waals surface area contributed by atoms with E-state index >= 15 is 0 Å². The maximum absolute atomic E-state index is 12.4. The fraction of sp³-hybridized carbons (Fsp3) is 0.286. The molecule has 26 heavy (non-hydrogen) atoms. The molecular weight excluding hydrogens is 326 g/mol. The number of rotatable bonds is 5. The van der Waals surface area contributed by atoms with E-state index in [1.807, 2.05) is 42.6 Å². The summed E-state index contributed by atoms with van der Waals surface area (Å²) in [5.41, 5.74) is 2.86.